The molecule has 0 saturated heterocycles. The summed E-state index contributed by atoms with van der Waals surface area (Å²) in [5, 5.41) is 8.81. The first kappa shape index (κ1) is 9.38. The Morgan fingerprint density at radius 2 is 1.85 bits per heavy atom. The molecule has 0 fully saturated rings. The SMILES string of the molecule is Cc1cc(C(=O)O)c(C)c(N)c1N. The number of nitrogens with two attached hydrogens (primary N) is 2. The van der Waals surface area contributed by atoms with Crippen molar-refractivity contribution >= 4 is 17.3 Å². The van der Waals surface area contributed by atoms with Crippen LogP contribution in [0, 0.1) is 13.8 Å². The Morgan fingerprint density at radius 1 is 1.31 bits per heavy atom. The number of nitrogen functional groups attached to an aromatic ring is 2. The summed E-state index contributed by atoms with van der Waals surface area (Å²) in [5.41, 5.74) is 13.5. The van der Waals surface area contributed by atoms with Crippen molar-refractivity contribution < 1.29 is 9.90 Å². The number of aromatic carboxylic acids is 1. The quantitative estimate of drug-likeness (QED) is 0.566. The van der Waals surface area contributed by atoms with Gasteiger partial charge in [0.15, 0.2) is 0 Å². The van der Waals surface area contributed by atoms with Crippen LogP contribution in [0.4, 0.5) is 11.4 Å². The number of carboxylic acids is 1. The molecule has 0 unspecified atom stereocenters. The predicted molar refractivity (Wildman–Crippen MR) is 51.7 cm³/mol. The number of anilines is 2. The van der Waals surface area contributed by atoms with Gasteiger partial charge in [-0.2, -0.15) is 0 Å². The average molecular weight is 180 g/mol. The zero-order valence-electron chi connectivity index (χ0n) is 7.59. The molecular formula is C9H12N2O2. The molecule has 0 spiro atoms. The van der Waals surface area contributed by atoms with Gasteiger partial charge in [0, 0.05) is 0 Å². The van der Waals surface area contributed by atoms with Crippen LogP contribution in [0.25, 0.3) is 0 Å². The zero-order chi connectivity index (χ0) is 10.2. The lowest BCUT2D eigenvalue weighted by Gasteiger charge is -2.10. The number of carbonyl (C=O) groups is 1. The largest absolute Gasteiger partial charge is 0.478 e. The number of benzene rings is 1. The van der Waals surface area contributed by atoms with E-state index in [9.17, 15) is 4.79 Å². The Bertz CT molecular complexity index is 372. The molecule has 70 valence electrons. The predicted octanol–water partition coefficient (Wildman–Crippen LogP) is 1.17. The van der Waals surface area contributed by atoms with Gasteiger partial charge < -0.3 is 16.6 Å². The lowest BCUT2D eigenvalue weighted by molar-refractivity contribution is 0.0696. The van der Waals surface area contributed by atoms with Crippen molar-refractivity contribution in [2.75, 3.05) is 11.5 Å². The molecule has 0 aliphatic heterocycles. The fraction of sp³-hybridized carbons (Fsp3) is 0.222. The molecule has 0 aliphatic rings. The Balaban J connectivity index is 3.50. The summed E-state index contributed by atoms with van der Waals surface area (Å²) in [6, 6.07) is 1.53. The molecule has 5 N–H and O–H groups in total. The summed E-state index contributed by atoms with van der Waals surface area (Å²) in [6.45, 7) is 3.38. The van der Waals surface area contributed by atoms with Gasteiger partial charge >= 0.3 is 5.97 Å². The van der Waals surface area contributed by atoms with Crippen LogP contribution in [0.15, 0.2) is 6.07 Å². The van der Waals surface area contributed by atoms with Crippen LogP contribution in [0.1, 0.15) is 21.5 Å². The monoisotopic (exact) mass is 180 g/mol. The molecule has 0 heterocycles. The Labute approximate surface area is 76.2 Å². The molecule has 1 aromatic rings. The highest BCUT2D eigenvalue weighted by molar-refractivity contribution is 5.93. The van der Waals surface area contributed by atoms with Crippen LogP contribution in [0.3, 0.4) is 0 Å². The molecular weight excluding hydrogens is 168 g/mol. The highest BCUT2D eigenvalue weighted by Gasteiger charge is 2.13. The third-order valence-electron chi connectivity index (χ3n) is 2.11. The third kappa shape index (κ3) is 1.42. The lowest BCUT2D eigenvalue weighted by Crippen LogP contribution is -2.07. The standard InChI is InChI=1S/C9H12N2O2/c1-4-3-6(9(12)13)5(2)8(11)7(4)10/h3H,10-11H2,1-2H3,(H,12,13). The number of aryl methyl sites for hydroxylation is 1. The first-order valence-corrected chi connectivity index (χ1v) is 3.83. The van der Waals surface area contributed by atoms with Crippen molar-refractivity contribution in [3.8, 4) is 0 Å². The smallest absolute Gasteiger partial charge is 0.336 e. The highest BCUT2D eigenvalue weighted by atomic mass is 16.4. The summed E-state index contributed by atoms with van der Waals surface area (Å²) in [5.74, 6) is -0.979. The second-order valence-corrected chi connectivity index (χ2v) is 3.00. The number of hydrogen-bond donors (Lipinski definition) is 3. The molecule has 0 saturated carbocycles. The van der Waals surface area contributed by atoms with E-state index in [2.05, 4.69) is 0 Å². The summed E-state index contributed by atoms with van der Waals surface area (Å²) in [4.78, 5) is 10.7. The van der Waals surface area contributed by atoms with Crippen molar-refractivity contribution in [2.24, 2.45) is 0 Å². The van der Waals surface area contributed by atoms with Crippen LogP contribution >= 0.6 is 0 Å². The van der Waals surface area contributed by atoms with Crippen molar-refractivity contribution in [1.29, 1.82) is 0 Å². The maximum absolute atomic E-state index is 10.7. The van der Waals surface area contributed by atoms with Gasteiger partial charge in [0.2, 0.25) is 0 Å². The highest BCUT2D eigenvalue weighted by Crippen LogP contribution is 2.26. The van der Waals surface area contributed by atoms with Crippen molar-refractivity contribution in [2.45, 2.75) is 13.8 Å². The topological polar surface area (TPSA) is 89.3 Å². The van der Waals surface area contributed by atoms with Gasteiger partial charge in [0.1, 0.15) is 0 Å². The van der Waals surface area contributed by atoms with Gasteiger partial charge in [0.25, 0.3) is 0 Å². The zero-order valence-corrected chi connectivity index (χ0v) is 7.59. The minimum atomic E-state index is -0.979. The third-order valence-corrected chi connectivity index (χ3v) is 2.11. The van der Waals surface area contributed by atoms with Gasteiger partial charge in [0.05, 0.1) is 16.9 Å². The van der Waals surface area contributed by atoms with E-state index in [1.807, 2.05) is 0 Å². The minimum Gasteiger partial charge on any atom is -0.478 e. The molecule has 0 radical (unpaired) electrons. The van der Waals surface area contributed by atoms with E-state index >= 15 is 0 Å². The van der Waals surface area contributed by atoms with Gasteiger partial charge in [-0.25, -0.2) is 4.79 Å². The number of hydrogen-bond acceptors (Lipinski definition) is 3. The van der Waals surface area contributed by atoms with Crippen LogP contribution in [0.5, 0.6) is 0 Å². The second-order valence-electron chi connectivity index (χ2n) is 3.00. The maximum atomic E-state index is 10.7. The molecule has 0 aliphatic carbocycles. The van der Waals surface area contributed by atoms with Gasteiger partial charge in [-0.05, 0) is 31.0 Å². The summed E-state index contributed by atoms with van der Waals surface area (Å²) in [7, 11) is 0. The van der Waals surface area contributed by atoms with Gasteiger partial charge in [-0.3, -0.25) is 0 Å². The molecule has 1 aromatic carbocycles. The van der Waals surface area contributed by atoms with Gasteiger partial charge in [-0.15, -0.1) is 0 Å². The van der Waals surface area contributed by atoms with Crippen molar-refractivity contribution in [3.05, 3.63) is 22.8 Å². The fourth-order valence-electron chi connectivity index (χ4n) is 1.18. The fourth-order valence-corrected chi connectivity index (χ4v) is 1.18. The molecule has 0 bridgehead atoms. The molecule has 1 rings (SSSR count). The number of rotatable bonds is 1. The van der Waals surface area contributed by atoms with E-state index in [1.165, 1.54) is 6.07 Å². The van der Waals surface area contributed by atoms with Crippen molar-refractivity contribution in [3.63, 3.8) is 0 Å². The molecule has 0 aromatic heterocycles. The van der Waals surface area contributed by atoms with E-state index in [0.717, 1.165) is 0 Å². The first-order chi connectivity index (χ1) is 5.95. The maximum Gasteiger partial charge on any atom is 0.336 e. The Kier molecular flexibility index (Phi) is 2.14. The summed E-state index contributed by atoms with van der Waals surface area (Å²) >= 11 is 0. The van der Waals surface area contributed by atoms with Crippen LogP contribution in [0.2, 0.25) is 0 Å². The second kappa shape index (κ2) is 2.97. The van der Waals surface area contributed by atoms with E-state index in [-0.39, 0.29) is 5.56 Å². The van der Waals surface area contributed by atoms with E-state index < -0.39 is 5.97 Å². The molecule has 13 heavy (non-hydrogen) atoms. The summed E-state index contributed by atoms with van der Waals surface area (Å²) < 4.78 is 0. The first-order valence-electron chi connectivity index (χ1n) is 3.83. The van der Waals surface area contributed by atoms with E-state index in [1.54, 1.807) is 13.8 Å². The Hall–Kier alpha value is -1.71. The van der Waals surface area contributed by atoms with Crippen LogP contribution < -0.4 is 11.5 Å². The molecule has 0 amide bonds. The Morgan fingerprint density at radius 3 is 2.31 bits per heavy atom. The van der Waals surface area contributed by atoms with Crippen LogP contribution in [-0.4, -0.2) is 11.1 Å². The van der Waals surface area contributed by atoms with Crippen molar-refractivity contribution in [1.82, 2.24) is 0 Å². The number of carboxylic acid groups (broad SMARTS) is 1. The molecule has 4 heteroatoms. The van der Waals surface area contributed by atoms with Crippen LogP contribution in [-0.2, 0) is 0 Å². The lowest BCUT2D eigenvalue weighted by atomic mass is 10.0. The minimum absolute atomic E-state index is 0.212. The average Bonchev–Trinajstić information content (AvgIpc) is 2.07. The molecule has 0 atom stereocenters. The summed E-state index contributed by atoms with van der Waals surface area (Å²) in [6.07, 6.45) is 0. The normalized spacial score (nSPS) is 10.0. The van der Waals surface area contributed by atoms with E-state index in [4.69, 9.17) is 16.6 Å². The molecule has 4 nitrogen and oxygen atoms in total. The van der Waals surface area contributed by atoms with E-state index in [0.29, 0.717) is 22.5 Å². The van der Waals surface area contributed by atoms with Gasteiger partial charge in [-0.1, -0.05) is 0 Å².